The number of fused-ring (bicyclic) bond motifs is 1. The predicted octanol–water partition coefficient (Wildman–Crippen LogP) is 4.14. The molecule has 27 heavy (non-hydrogen) atoms. The second kappa shape index (κ2) is 6.81. The molecule has 3 aromatic rings. The predicted molar refractivity (Wildman–Crippen MR) is 108 cm³/mol. The number of rotatable bonds is 4. The summed E-state index contributed by atoms with van der Waals surface area (Å²) >= 11 is 0.916. The van der Waals surface area contributed by atoms with E-state index in [9.17, 15) is 14.7 Å². The van der Waals surface area contributed by atoms with Gasteiger partial charge in [0.2, 0.25) is 5.88 Å². The Bertz CT molecular complexity index is 1150. The molecule has 0 fully saturated rings. The van der Waals surface area contributed by atoms with Gasteiger partial charge in [0.05, 0.1) is 17.1 Å². The number of para-hydroxylation sites is 1. The van der Waals surface area contributed by atoms with E-state index in [0.29, 0.717) is 10.4 Å². The zero-order valence-corrected chi connectivity index (χ0v) is 15.4. The van der Waals surface area contributed by atoms with E-state index in [1.807, 2.05) is 37.3 Å². The highest BCUT2D eigenvalue weighted by Crippen LogP contribution is 2.37. The molecule has 0 unspecified atom stereocenters. The van der Waals surface area contributed by atoms with Gasteiger partial charge >= 0.3 is 4.87 Å². The molecule has 0 aliphatic carbocycles. The third-order valence-corrected chi connectivity index (χ3v) is 5.35. The van der Waals surface area contributed by atoms with Gasteiger partial charge in [-0.3, -0.25) is 19.1 Å². The molecule has 0 bridgehead atoms. The molecule has 4 rings (SSSR count). The Morgan fingerprint density at radius 1 is 1.15 bits per heavy atom. The van der Waals surface area contributed by atoms with E-state index in [1.165, 1.54) is 0 Å². The lowest BCUT2D eigenvalue weighted by Crippen LogP contribution is -2.18. The lowest BCUT2D eigenvalue weighted by atomic mass is 10.0. The number of ketones is 1. The molecule has 6 heteroatoms. The minimum Gasteiger partial charge on any atom is -0.493 e. The summed E-state index contributed by atoms with van der Waals surface area (Å²) in [5.74, 6) is -0.423. The number of Topliss-reactive ketones (excluding diaryl/α,β-unsaturated/α-hetero) is 1. The van der Waals surface area contributed by atoms with Crippen molar-refractivity contribution in [2.45, 2.75) is 13.5 Å². The number of aliphatic imine (C=N–C) groups is 1. The fourth-order valence-corrected chi connectivity index (χ4v) is 3.88. The third kappa shape index (κ3) is 3.15. The molecule has 1 aromatic heterocycles. The van der Waals surface area contributed by atoms with Crippen molar-refractivity contribution < 1.29 is 9.90 Å². The maximum Gasteiger partial charge on any atom is 0.311 e. The van der Waals surface area contributed by atoms with Crippen molar-refractivity contribution in [1.29, 1.82) is 0 Å². The Morgan fingerprint density at radius 2 is 1.85 bits per heavy atom. The number of hydrogen-bond acceptors (Lipinski definition) is 5. The number of nitrogens with zero attached hydrogens (tertiary/aromatic N) is 2. The summed E-state index contributed by atoms with van der Waals surface area (Å²) in [6.07, 6.45) is 1.76. The molecule has 0 saturated carbocycles. The highest BCUT2D eigenvalue weighted by atomic mass is 32.1. The van der Waals surface area contributed by atoms with Gasteiger partial charge < -0.3 is 5.11 Å². The van der Waals surface area contributed by atoms with E-state index in [0.717, 1.165) is 38.4 Å². The van der Waals surface area contributed by atoms with Crippen LogP contribution in [0.4, 0.5) is 5.69 Å². The summed E-state index contributed by atoms with van der Waals surface area (Å²) in [5, 5.41) is 10.5. The second-order valence-electron chi connectivity index (χ2n) is 6.20. The zero-order chi connectivity index (χ0) is 19.0. The van der Waals surface area contributed by atoms with Crippen LogP contribution in [0.2, 0.25) is 0 Å². The van der Waals surface area contributed by atoms with E-state index in [4.69, 9.17) is 0 Å². The number of allylic oxidation sites excluding steroid dienone is 1. The molecule has 0 radical (unpaired) electrons. The summed E-state index contributed by atoms with van der Waals surface area (Å²) in [6, 6.07) is 16.4. The topological polar surface area (TPSA) is 71.7 Å². The van der Waals surface area contributed by atoms with Crippen molar-refractivity contribution in [1.82, 2.24) is 4.57 Å². The van der Waals surface area contributed by atoms with Crippen LogP contribution >= 0.6 is 11.3 Å². The van der Waals surface area contributed by atoms with Gasteiger partial charge in [0.1, 0.15) is 0 Å². The highest BCUT2D eigenvalue weighted by Gasteiger charge is 2.21. The average Bonchev–Trinajstić information content (AvgIpc) is 3.13. The van der Waals surface area contributed by atoms with Gasteiger partial charge in [0.25, 0.3) is 0 Å². The summed E-state index contributed by atoms with van der Waals surface area (Å²) in [4.78, 5) is 29.3. The van der Waals surface area contributed by atoms with E-state index < -0.39 is 0 Å². The number of carbonyl (C=O) groups excluding carboxylic acids is 1. The van der Waals surface area contributed by atoms with Crippen molar-refractivity contribution in [3.8, 4) is 5.88 Å². The molecule has 1 aliphatic rings. The molecule has 0 amide bonds. The van der Waals surface area contributed by atoms with Gasteiger partial charge in [-0.2, -0.15) is 0 Å². The van der Waals surface area contributed by atoms with Crippen molar-refractivity contribution in [3.63, 3.8) is 0 Å². The monoisotopic (exact) mass is 376 g/mol. The molecule has 0 saturated heterocycles. The summed E-state index contributed by atoms with van der Waals surface area (Å²) < 4.78 is 1.11. The zero-order valence-electron chi connectivity index (χ0n) is 14.5. The quantitative estimate of drug-likeness (QED) is 0.696. The molecule has 1 N–H and O–H groups in total. The summed E-state index contributed by atoms with van der Waals surface area (Å²) in [6.45, 7) is 1.69. The van der Waals surface area contributed by atoms with Crippen LogP contribution in [0, 0.1) is 0 Å². The van der Waals surface area contributed by atoms with E-state index in [-0.39, 0.29) is 23.1 Å². The minimum atomic E-state index is -0.371. The number of carbonyl (C=O) groups is 1. The van der Waals surface area contributed by atoms with Crippen LogP contribution in [0.25, 0.3) is 11.6 Å². The molecule has 0 atom stereocenters. The average molecular weight is 376 g/mol. The van der Waals surface area contributed by atoms with Gasteiger partial charge in [-0.05, 0) is 19.1 Å². The van der Waals surface area contributed by atoms with Crippen LogP contribution in [-0.2, 0) is 6.54 Å². The number of thiazole rings is 1. The summed E-state index contributed by atoms with van der Waals surface area (Å²) in [7, 11) is 0. The number of benzene rings is 2. The normalized spacial score (nSPS) is 14.3. The smallest absolute Gasteiger partial charge is 0.311 e. The van der Waals surface area contributed by atoms with Crippen LogP contribution in [0.3, 0.4) is 0 Å². The van der Waals surface area contributed by atoms with Gasteiger partial charge in [-0.15, -0.1) is 0 Å². The lowest BCUT2D eigenvalue weighted by molar-refractivity contribution is 0.0968. The lowest BCUT2D eigenvalue weighted by Gasteiger charge is -2.04. The molecule has 1 aliphatic heterocycles. The molecule has 2 heterocycles. The first-order valence-electron chi connectivity index (χ1n) is 8.42. The first-order chi connectivity index (χ1) is 13.0. The molecule has 134 valence electrons. The van der Waals surface area contributed by atoms with Crippen molar-refractivity contribution >= 4 is 40.2 Å². The minimum absolute atomic E-state index is 0.195. The Balaban J connectivity index is 1.69. The van der Waals surface area contributed by atoms with Crippen LogP contribution in [0.15, 0.2) is 64.4 Å². The van der Waals surface area contributed by atoms with Gasteiger partial charge in [-0.25, -0.2) is 0 Å². The van der Waals surface area contributed by atoms with Gasteiger partial charge in [-0.1, -0.05) is 59.9 Å². The maximum atomic E-state index is 12.4. The third-order valence-electron chi connectivity index (χ3n) is 4.44. The van der Waals surface area contributed by atoms with Crippen LogP contribution in [-0.4, -0.2) is 21.2 Å². The first-order valence-corrected chi connectivity index (χ1v) is 9.24. The number of aromatic hydroxyl groups is 1. The fraction of sp³-hybridized carbons (Fsp3) is 0.0952. The van der Waals surface area contributed by atoms with E-state index in [2.05, 4.69) is 4.99 Å². The Labute approximate surface area is 159 Å². The van der Waals surface area contributed by atoms with Crippen LogP contribution in [0.1, 0.15) is 27.7 Å². The fourth-order valence-electron chi connectivity index (χ4n) is 3.05. The Kier molecular flexibility index (Phi) is 4.33. The molecular weight excluding hydrogens is 360 g/mol. The molecule has 0 spiro atoms. The standard InChI is InChI=1S/C21H16N2O3S/c1-13-16(15-9-5-6-10-17(15)22-13)11-19-20(25)23(21(26)27-19)12-18(24)14-7-3-2-4-8-14/h2-11,25H,12H2,1H3. The van der Waals surface area contributed by atoms with Crippen LogP contribution < -0.4 is 4.87 Å². The van der Waals surface area contributed by atoms with Crippen molar-refractivity contribution in [2.24, 2.45) is 4.99 Å². The SMILES string of the molecule is CC1=Nc2ccccc2C1=Cc1sc(=O)n(CC(=O)c2ccccc2)c1O. The van der Waals surface area contributed by atoms with Crippen molar-refractivity contribution in [2.75, 3.05) is 0 Å². The largest absolute Gasteiger partial charge is 0.493 e. The molecular formula is C21H16N2O3S. The molecule has 2 aromatic carbocycles. The summed E-state index contributed by atoms with van der Waals surface area (Å²) in [5.41, 5.74) is 4.02. The van der Waals surface area contributed by atoms with Gasteiger partial charge in [0, 0.05) is 22.4 Å². The first kappa shape index (κ1) is 17.2. The van der Waals surface area contributed by atoms with Crippen LogP contribution in [0.5, 0.6) is 5.88 Å². The second-order valence-corrected chi connectivity index (χ2v) is 7.20. The number of aromatic nitrogens is 1. The van der Waals surface area contributed by atoms with E-state index in [1.54, 1.807) is 30.3 Å². The number of hydrogen-bond donors (Lipinski definition) is 1. The molecule has 5 nitrogen and oxygen atoms in total. The van der Waals surface area contributed by atoms with Gasteiger partial charge in [0.15, 0.2) is 5.78 Å². The highest BCUT2D eigenvalue weighted by molar-refractivity contribution is 7.10. The Morgan fingerprint density at radius 3 is 2.63 bits per heavy atom. The van der Waals surface area contributed by atoms with Crippen molar-refractivity contribution in [3.05, 3.63) is 80.3 Å². The Hall–Kier alpha value is -3.25. The maximum absolute atomic E-state index is 12.4. The van der Waals surface area contributed by atoms with E-state index >= 15 is 0 Å².